The molecule has 0 saturated carbocycles. The molecule has 0 aliphatic rings. The Kier molecular flexibility index (Phi) is 7.15. The van der Waals surface area contributed by atoms with Gasteiger partial charge in [0.05, 0.1) is 22.3 Å². The van der Waals surface area contributed by atoms with E-state index in [1.165, 1.54) is 33.4 Å². The van der Waals surface area contributed by atoms with E-state index in [1.807, 2.05) is 24.3 Å². The molecule has 3 heterocycles. The van der Waals surface area contributed by atoms with E-state index in [9.17, 15) is 5.26 Å². The minimum Gasteiger partial charge on any atom is -0.437 e. The molecule has 48 heavy (non-hydrogen) atoms. The van der Waals surface area contributed by atoms with Gasteiger partial charge in [-0.05, 0) is 87.7 Å². The standard InChI is InChI=1S/C43H34N4O/c1-26(2)36-23-31(30-19-17-29(18-20-30)28-11-6-5-7-12-28)24-37(27(3)4)40(36)47-39-16-9-8-15-38(39)46-42(47)35-14-10-13-33-34-22-21-32(25-44)45-43(34)48-41(33)35/h5-24,26-27H,1-4H3. The smallest absolute Gasteiger partial charge is 0.228 e. The number of hydrogen-bond acceptors (Lipinski definition) is 4. The second-order valence-corrected chi connectivity index (χ2v) is 13.0. The van der Waals surface area contributed by atoms with Gasteiger partial charge in [0.1, 0.15) is 23.2 Å². The van der Waals surface area contributed by atoms with Crippen molar-refractivity contribution < 1.29 is 4.42 Å². The van der Waals surface area contributed by atoms with Crippen molar-refractivity contribution in [3.63, 3.8) is 0 Å². The average molecular weight is 623 g/mol. The molecule has 0 radical (unpaired) electrons. The highest BCUT2D eigenvalue weighted by Gasteiger charge is 2.25. The molecule has 0 aliphatic heterocycles. The van der Waals surface area contributed by atoms with Crippen molar-refractivity contribution in [1.82, 2.24) is 14.5 Å². The molecule has 0 fully saturated rings. The Bertz CT molecular complexity index is 2480. The molecule has 0 atom stereocenters. The summed E-state index contributed by atoms with van der Waals surface area (Å²) in [6.07, 6.45) is 0. The van der Waals surface area contributed by atoms with Gasteiger partial charge in [0.15, 0.2) is 0 Å². The molecule has 8 aromatic rings. The summed E-state index contributed by atoms with van der Waals surface area (Å²) in [5.74, 6) is 1.29. The number of pyridine rings is 1. The number of benzene rings is 5. The number of rotatable bonds is 6. The fraction of sp³-hybridized carbons (Fsp3) is 0.140. The zero-order valence-corrected chi connectivity index (χ0v) is 27.4. The zero-order chi connectivity index (χ0) is 32.9. The molecule has 0 unspecified atom stereocenters. The lowest BCUT2D eigenvalue weighted by molar-refractivity contribution is 0.654. The van der Waals surface area contributed by atoms with Crippen LogP contribution < -0.4 is 0 Å². The molecule has 0 spiro atoms. The van der Waals surface area contributed by atoms with Crippen LogP contribution in [0.3, 0.4) is 0 Å². The van der Waals surface area contributed by atoms with Crippen LogP contribution in [-0.4, -0.2) is 14.5 Å². The predicted molar refractivity (Wildman–Crippen MR) is 195 cm³/mol. The summed E-state index contributed by atoms with van der Waals surface area (Å²) in [6.45, 7) is 9.07. The number of hydrogen-bond donors (Lipinski definition) is 0. The van der Waals surface area contributed by atoms with E-state index in [4.69, 9.17) is 9.40 Å². The normalized spacial score (nSPS) is 11.7. The Morgan fingerprint density at radius 2 is 1.27 bits per heavy atom. The highest BCUT2D eigenvalue weighted by Crippen LogP contribution is 2.42. The summed E-state index contributed by atoms with van der Waals surface area (Å²) >= 11 is 0. The number of para-hydroxylation sites is 3. The first-order chi connectivity index (χ1) is 23.4. The summed E-state index contributed by atoms with van der Waals surface area (Å²) in [4.78, 5) is 9.73. The molecular weight excluding hydrogens is 589 g/mol. The third-order valence-corrected chi connectivity index (χ3v) is 9.24. The highest BCUT2D eigenvalue weighted by atomic mass is 16.3. The molecule has 0 saturated heterocycles. The van der Waals surface area contributed by atoms with E-state index < -0.39 is 0 Å². The predicted octanol–water partition coefficient (Wildman–Crippen LogP) is 11.4. The van der Waals surface area contributed by atoms with Gasteiger partial charge in [-0.25, -0.2) is 9.97 Å². The van der Waals surface area contributed by atoms with Crippen LogP contribution in [-0.2, 0) is 0 Å². The quantitative estimate of drug-likeness (QED) is 0.185. The van der Waals surface area contributed by atoms with Gasteiger partial charge in [-0.2, -0.15) is 5.26 Å². The van der Waals surface area contributed by atoms with Gasteiger partial charge in [0, 0.05) is 10.8 Å². The maximum atomic E-state index is 9.47. The lowest BCUT2D eigenvalue weighted by Gasteiger charge is -2.24. The molecule has 5 nitrogen and oxygen atoms in total. The monoisotopic (exact) mass is 622 g/mol. The molecule has 0 aliphatic carbocycles. The fourth-order valence-corrected chi connectivity index (χ4v) is 6.82. The topological polar surface area (TPSA) is 67.6 Å². The maximum Gasteiger partial charge on any atom is 0.228 e. The summed E-state index contributed by atoms with van der Waals surface area (Å²) in [5, 5.41) is 11.3. The van der Waals surface area contributed by atoms with Gasteiger partial charge in [-0.1, -0.05) is 107 Å². The van der Waals surface area contributed by atoms with Crippen LogP contribution in [0.4, 0.5) is 0 Å². The summed E-state index contributed by atoms with van der Waals surface area (Å²) in [6, 6.07) is 44.4. The summed E-state index contributed by atoms with van der Waals surface area (Å²) in [5.41, 5.74) is 12.8. The summed E-state index contributed by atoms with van der Waals surface area (Å²) < 4.78 is 8.76. The number of nitriles is 1. The SMILES string of the molecule is CC(C)c1cc(-c2ccc(-c3ccccc3)cc2)cc(C(C)C)c1-n1c(-c2cccc3c2oc2nc(C#N)ccc23)nc2ccccc21. The van der Waals surface area contributed by atoms with Crippen LogP contribution in [0.25, 0.3) is 72.4 Å². The van der Waals surface area contributed by atoms with E-state index in [1.54, 1.807) is 6.07 Å². The van der Waals surface area contributed by atoms with Crippen molar-refractivity contribution in [2.45, 2.75) is 39.5 Å². The Labute approximate surface area is 279 Å². The van der Waals surface area contributed by atoms with Crippen molar-refractivity contribution in [1.29, 1.82) is 5.26 Å². The van der Waals surface area contributed by atoms with Crippen LogP contribution >= 0.6 is 0 Å². The van der Waals surface area contributed by atoms with Gasteiger partial charge in [-0.3, -0.25) is 4.57 Å². The van der Waals surface area contributed by atoms with E-state index in [2.05, 4.69) is 134 Å². The largest absolute Gasteiger partial charge is 0.437 e. The third-order valence-electron chi connectivity index (χ3n) is 9.24. The van der Waals surface area contributed by atoms with E-state index in [0.29, 0.717) is 17.0 Å². The number of imidazole rings is 1. The first kappa shape index (κ1) is 29.4. The van der Waals surface area contributed by atoms with Crippen LogP contribution in [0.1, 0.15) is 56.4 Å². The van der Waals surface area contributed by atoms with Crippen molar-refractivity contribution in [3.05, 3.63) is 138 Å². The van der Waals surface area contributed by atoms with Gasteiger partial charge >= 0.3 is 0 Å². The minimum atomic E-state index is 0.241. The van der Waals surface area contributed by atoms with E-state index >= 15 is 0 Å². The third kappa shape index (κ3) is 4.85. The molecule has 3 aromatic heterocycles. The fourth-order valence-electron chi connectivity index (χ4n) is 6.82. The first-order valence-electron chi connectivity index (χ1n) is 16.5. The van der Waals surface area contributed by atoms with Crippen LogP contribution in [0.2, 0.25) is 0 Å². The van der Waals surface area contributed by atoms with Crippen molar-refractivity contribution in [2.75, 3.05) is 0 Å². The Balaban J connectivity index is 1.37. The van der Waals surface area contributed by atoms with Crippen molar-refractivity contribution >= 4 is 33.1 Å². The summed E-state index contributed by atoms with van der Waals surface area (Å²) in [7, 11) is 0. The molecule has 0 N–H and O–H groups in total. The number of aromatic nitrogens is 3. The Morgan fingerprint density at radius 1 is 0.625 bits per heavy atom. The molecule has 5 aromatic carbocycles. The molecule has 0 bridgehead atoms. The van der Waals surface area contributed by atoms with Crippen molar-refractivity contribution in [3.8, 4) is 45.4 Å². The van der Waals surface area contributed by atoms with Crippen LogP contribution in [0.15, 0.2) is 126 Å². The van der Waals surface area contributed by atoms with Gasteiger partial charge in [0.2, 0.25) is 5.71 Å². The lowest BCUT2D eigenvalue weighted by Crippen LogP contribution is -2.09. The lowest BCUT2D eigenvalue weighted by atomic mass is 9.87. The first-order valence-corrected chi connectivity index (χ1v) is 16.5. The van der Waals surface area contributed by atoms with Crippen LogP contribution in [0, 0.1) is 11.3 Å². The second-order valence-electron chi connectivity index (χ2n) is 13.0. The van der Waals surface area contributed by atoms with E-state index in [0.717, 1.165) is 38.9 Å². The molecule has 0 amide bonds. The Hall–Kier alpha value is -5.99. The average Bonchev–Trinajstić information content (AvgIpc) is 3.69. The van der Waals surface area contributed by atoms with E-state index in [-0.39, 0.29) is 11.8 Å². The molecule has 5 heteroatoms. The van der Waals surface area contributed by atoms with Crippen molar-refractivity contribution in [2.24, 2.45) is 0 Å². The Morgan fingerprint density at radius 3 is 1.96 bits per heavy atom. The second kappa shape index (κ2) is 11.7. The molecule has 232 valence electrons. The highest BCUT2D eigenvalue weighted by molar-refractivity contribution is 6.08. The number of fused-ring (bicyclic) bond motifs is 4. The van der Waals surface area contributed by atoms with Gasteiger partial charge in [0.25, 0.3) is 0 Å². The number of furan rings is 1. The van der Waals surface area contributed by atoms with Gasteiger partial charge in [-0.15, -0.1) is 0 Å². The van der Waals surface area contributed by atoms with Crippen LogP contribution in [0.5, 0.6) is 0 Å². The number of nitrogens with zero attached hydrogens (tertiary/aromatic N) is 4. The minimum absolute atomic E-state index is 0.241. The maximum absolute atomic E-state index is 9.47. The molecule has 8 rings (SSSR count). The van der Waals surface area contributed by atoms with Gasteiger partial charge < -0.3 is 4.42 Å². The zero-order valence-electron chi connectivity index (χ0n) is 27.4. The molecular formula is C43H34N4O.